The molecular weight excluding hydrogens is 376 g/mol. The van der Waals surface area contributed by atoms with Crippen molar-refractivity contribution >= 4 is 33.6 Å². The minimum Gasteiger partial charge on any atom is -0.379 e. The minimum absolute atomic E-state index is 0.113. The summed E-state index contributed by atoms with van der Waals surface area (Å²) in [5.41, 5.74) is 0. The zero-order valence-corrected chi connectivity index (χ0v) is 15.9. The Morgan fingerprint density at radius 3 is 2.62 bits per heavy atom. The van der Waals surface area contributed by atoms with Crippen molar-refractivity contribution in [2.75, 3.05) is 38.6 Å². The van der Waals surface area contributed by atoms with Crippen LogP contribution in [0.1, 0.15) is 20.3 Å². The molecule has 0 aromatic carbocycles. The Bertz CT molecular complexity index is 523. The summed E-state index contributed by atoms with van der Waals surface area (Å²) in [6, 6.07) is 3.50. The van der Waals surface area contributed by atoms with Gasteiger partial charge in [-0.25, -0.2) is 4.98 Å². The number of aromatic nitrogens is 1. The van der Waals surface area contributed by atoms with Crippen molar-refractivity contribution in [3.05, 3.63) is 22.8 Å². The van der Waals surface area contributed by atoms with Crippen LogP contribution in [0, 0.1) is 0 Å². The van der Waals surface area contributed by atoms with E-state index < -0.39 is 0 Å². The summed E-state index contributed by atoms with van der Waals surface area (Å²) in [6.45, 7) is 5.41. The van der Waals surface area contributed by atoms with Crippen LogP contribution < -0.4 is 10.6 Å². The van der Waals surface area contributed by atoms with Gasteiger partial charge in [0.2, 0.25) is 11.8 Å². The van der Waals surface area contributed by atoms with Crippen molar-refractivity contribution in [1.29, 1.82) is 0 Å². The Kier molecular flexibility index (Phi) is 9.51. The largest absolute Gasteiger partial charge is 0.379 e. The molecule has 0 bridgehead atoms. The molecule has 8 heteroatoms. The monoisotopic (exact) mass is 400 g/mol. The third-order valence-corrected chi connectivity index (χ3v) is 3.39. The van der Waals surface area contributed by atoms with E-state index in [2.05, 4.69) is 31.5 Å². The molecule has 1 rings (SSSR count). The predicted octanol–water partition coefficient (Wildman–Crippen LogP) is 1.65. The lowest BCUT2D eigenvalue weighted by Gasteiger charge is -2.16. The van der Waals surface area contributed by atoms with Gasteiger partial charge in [0.25, 0.3) is 0 Å². The first-order chi connectivity index (χ1) is 11.4. The molecule has 1 aromatic rings. The Morgan fingerprint density at radius 2 is 2.00 bits per heavy atom. The standard InChI is InChI=1S/C16H25BrN4O3/c1-12(2)24-8-4-7-18-15(22)10-21(3)11-16(23)20-14-6-5-13(17)9-19-14/h5-6,9,12H,4,7-8,10-11H2,1-3H3,(H,18,22)(H,19,20,23). The molecule has 0 aliphatic carbocycles. The molecule has 2 N–H and O–H groups in total. The Balaban J connectivity index is 2.19. The van der Waals surface area contributed by atoms with E-state index in [1.54, 1.807) is 30.3 Å². The number of hydrogen-bond acceptors (Lipinski definition) is 5. The molecular formula is C16H25BrN4O3. The fraction of sp³-hybridized carbons (Fsp3) is 0.562. The molecule has 0 fully saturated rings. The zero-order chi connectivity index (χ0) is 17.9. The van der Waals surface area contributed by atoms with E-state index in [4.69, 9.17) is 4.74 Å². The number of halogens is 1. The van der Waals surface area contributed by atoms with Crippen LogP contribution in [0.25, 0.3) is 0 Å². The van der Waals surface area contributed by atoms with Gasteiger partial charge < -0.3 is 15.4 Å². The van der Waals surface area contributed by atoms with Gasteiger partial charge in [0, 0.05) is 23.8 Å². The van der Waals surface area contributed by atoms with Crippen molar-refractivity contribution in [3.63, 3.8) is 0 Å². The lowest BCUT2D eigenvalue weighted by atomic mass is 10.4. The van der Waals surface area contributed by atoms with Crippen LogP contribution in [0.2, 0.25) is 0 Å². The highest BCUT2D eigenvalue weighted by molar-refractivity contribution is 9.10. The molecule has 7 nitrogen and oxygen atoms in total. The highest BCUT2D eigenvalue weighted by atomic mass is 79.9. The summed E-state index contributed by atoms with van der Waals surface area (Å²) in [6.07, 6.45) is 2.57. The van der Waals surface area contributed by atoms with Crippen molar-refractivity contribution in [1.82, 2.24) is 15.2 Å². The molecule has 24 heavy (non-hydrogen) atoms. The van der Waals surface area contributed by atoms with Crippen LogP contribution in [-0.2, 0) is 14.3 Å². The quantitative estimate of drug-likeness (QED) is 0.583. The number of rotatable bonds is 10. The van der Waals surface area contributed by atoms with E-state index in [9.17, 15) is 9.59 Å². The fourth-order valence-corrected chi connectivity index (χ4v) is 2.09. The van der Waals surface area contributed by atoms with E-state index in [1.807, 2.05) is 13.8 Å². The van der Waals surface area contributed by atoms with E-state index in [0.29, 0.717) is 19.0 Å². The summed E-state index contributed by atoms with van der Waals surface area (Å²) in [4.78, 5) is 29.4. The molecule has 2 amide bonds. The molecule has 0 aliphatic heterocycles. The topological polar surface area (TPSA) is 83.6 Å². The lowest BCUT2D eigenvalue weighted by Crippen LogP contribution is -2.39. The number of hydrogen-bond donors (Lipinski definition) is 2. The Hall–Kier alpha value is -1.51. The molecule has 0 saturated carbocycles. The molecule has 0 aliphatic rings. The number of amides is 2. The average molecular weight is 401 g/mol. The van der Waals surface area contributed by atoms with Gasteiger partial charge in [-0.2, -0.15) is 0 Å². The highest BCUT2D eigenvalue weighted by Gasteiger charge is 2.11. The molecule has 1 heterocycles. The van der Waals surface area contributed by atoms with Crippen LogP contribution in [-0.4, -0.2) is 61.1 Å². The van der Waals surface area contributed by atoms with Gasteiger partial charge in [-0.05, 0) is 55.4 Å². The van der Waals surface area contributed by atoms with Crippen molar-refractivity contribution in [3.8, 4) is 0 Å². The highest BCUT2D eigenvalue weighted by Crippen LogP contribution is 2.10. The molecule has 0 unspecified atom stereocenters. The second-order valence-corrected chi connectivity index (χ2v) is 6.62. The van der Waals surface area contributed by atoms with Gasteiger partial charge >= 0.3 is 0 Å². The van der Waals surface area contributed by atoms with Gasteiger partial charge in [0.05, 0.1) is 19.2 Å². The first-order valence-electron chi connectivity index (χ1n) is 7.85. The Labute approximate surface area is 151 Å². The molecule has 0 saturated heterocycles. The number of nitrogens with one attached hydrogen (secondary N) is 2. The number of likely N-dealkylation sites (N-methyl/N-ethyl adjacent to an activating group) is 1. The maximum Gasteiger partial charge on any atom is 0.239 e. The number of anilines is 1. The summed E-state index contributed by atoms with van der Waals surface area (Å²) in [7, 11) is 1.72. The maximum atomic E-state index is 11.9. The third-order valence-electron chi connectivity index (χ3n) is 2.92. The second-order valence-electron chi connectivity index (χ2n) is 5.71. The van der Waals surface area contributed by atoms with Crippen LogP contribution in [0.5, 0.6) is 0 Å². The smallest absolute Gasteiger partial charge is 0.239 e. The average Bonchev–Trinajstić information content (AvgIpc) is 2.48. The molecule has 134 valence electrons. The summed E-state index contributed by atoms with van der Waals surface area (Å²) in [5.74, 6) is 0.147. The maximum absolute atomic E-state index is 11.9. The SMILES string of the molecule is CC(C)OCCCNC(=O)CN(C)CC(=O)Nc1ccc(Br)cn1. The summed E-state index contributed by atoms with van der Waals surface area (Å²) < 4.78 is 6.24. The van der Waals surface area contributed by atoms with Gasteiger partial charge in [0.1, 0.15) is 5.82 Å². The minimum atomic E-state index is -0.217. The number of nitrogens with zero attached hydrogens (tertiary/aromatic N) is 2. The zero-order valence-electron chi connectivity index (χ0n) is 14.3. The van der Waals surface area contributed by atoms with E-state index in [1.165, 1.54) is 0 Å². The number of ether oxygens (including phenoxy) is 1. The predicted molar refractivity (Wildman–Crippen MR) is 96.8 cm³/mol. The number of pyridine rings is 1. The number of carbonyl (C=O) groups is 2. The van der Waals surface area contributed by atoms with Gasteiger partial charge in [-0.1, -0.05) is 0 Å². The van der Waals surface area contributed by atoms with Crippen LogP contribution in [0.3, 0.4) is 0 Å². The van der Waals surface area contributed by atoms with E-state index in [-0.39, 0.29) is 31.0 Å². The van der Waals surface area contributed by atoms with Crippen molar-refractivity contribution < 1.29 is 14.3 Å². The molecule has 0 atom stereocenters. The van der Waals surface area contributed by atoms with E-state index >= 15 is 0 Å². The lowest BCUT2D eigenvalue weighted by molar-refractivity contribution is -0.123. The van der Waals surface area contributed by atoms with Crippen molar-refractivity contribution in [2.45, 2.75) is 26.4 Å². The van der Waals surface area contributed by atoms with Crippen LogP contribution in [0.4, 0.5) is 5.82 Å². The van der Waals surface area contributed by atoms with Gasteiger partial charge in [-0.3, -0.25) is 14.5 Å². The third kappa shape index (κ3) is 9.59. The van der Waals surface area contributed by atoms with Crippen LogP contribution in [0.15, 0.2) is 22.8 Å². The second kappa shape index (κ2) is 11.1. The summed E-state index contributed by atoms with van der Waals surface area (Å²) >= 11 is 3.28. The molecule has 0 spiro atoms. The summed E-state index contributed by atoms with van der Waals surface area (Å²) in [5, 5.41) is 5.49. The first-order valence-corrected chi connectivity index (χ1v) is 8.64. The fourth-order valence-electron chi connectivity index (χ4n) is 1.85. The Morgan fingerprint density at radius 1 is 1.29 bits per heavy atom. The van der Waals surface area contributed by atoms with Gasteiger partial charge in [-0.15, -0.1) is 0 Å². The van der Waals surface area contributed by atoms with Gasteiger partial charge in [0.15, 0.2) is 0 Å². The van der Waals surface area contributed by atoms with Crippen LogP contribution >= 0.6 is 15.9 Å². The number of carbonyl (C=O) groups excluding carboxylic acids is 2. The first kappa shape index (κ1) is 20.5. The normalized spacial score (nSPS) is 10.9. The van der Waals surface area contributed by atoms with Crippen molar-refractivity contribution in [2.24, 2.45) is 0 Å². The molecule has 1 aromatic heterocycles. The molecule has 0 radical (unpaired) electrons. The van der Waals surface area contributed by atoms with E-state index in [0.717, 1.165) is 10.9 Å².